The number of rotatable bonds is 8. The van der Waals surface area contributed by atoms with Crippen LogP contribution in [0.15, 0.2) is 42.0 Å². The largest absolute Gasteiger partial charge is 0.493 e. The lowest BCUT2D eigenvalue weighted by atomic mass is 10.1. The van der Waals surface area contributed by atoms with Crippen LogP contribution in [0.2, 0.25) is 0 Å². The summed E-state index contributed by atoms with van der Waals surface area (Å²) in [4.78, 5) is 24.1. The second-order valence-electron chi connectivity index (χ2n) is 6.59. The van der Waals surface area contributed by atoms with Crippen molar-refractivity contribution in [2.24, 2.45) is 0 Å². The van der Waals surface area contributed by atoms with Crippen LogP contribution in [0.1, 0.15) is 23.6 Å². The van der Waals surface area contributed by atoms with Gasteiger partial charge in [0, 0.05) is 12.2 Å². The number of nitriles is 1. The molecule has 7 nitrogen and oxygen atoms in total. The molecular formula is C23H25N3O4. The summed E-state index contributed by atoms with van der Waals surface area (Å²) in [5.74, 6) is 0.0395. The normalized spacial score (nSPS) is 10.7. The lowest BCUT2D eigenvalue weighted by Gasteiger charge is -2.11. The van der Waals surface area contributed by atoms with Gasteiger partial charge in [-0.15, -0.1) is 0 Å². The Bertz CT molecular complexity index is 1010. The summed E-state index contributed by atoms with van der Waals surface area (Å²) in [6.07, 6.45) is 1.47. The van der Waals surface area contributed by atoms with Gasteiger partial charge in [-0.25, -0.2) is 0 Å². The first-order chi connectivity index (χ1) is 14.4. The zero-order valence-corrected chi connectivity index (χ0v) is 17.5. The molecule has 0 unspecified atom stereocenters. The number of methoxy groups -OCH3 is 1. The number of amides is 2. The third kappa shape index (κ3) is 6.11. The molecule has 0 saturated heterocycles. The van der Waals surface area contributed by atoms with E-state index in [1.54, 1.807) is 24.3 Å². The average Bonchev–Trinajstić information content (AvgIpc) is 2.72. The summed E-state index contributed by atoms with van der Waals surface area (Å²) in [5, 5.41) is 14.9. The van der Waals surface area contributed by atoms with Crippen molar-refractivity contribution in [3.63, 3.8) is 0 Å². The number of carbonyl (C=O) groups excluding carboxylic acids is 2. The Kier molecular flexibility index (Phi) is 8.00. The highest BCUT2D eigenvalue weighted by Crippen LogP contribution is 2.29. The van der Waals surface area contributed by atoms with Gasteiger partial charge in [-0.3, -0.25) is 9.59 Å². The van der Waals surface area contributed by atoms with E-state index in [2.05, 4.69) is 10.6 Å². The number of nitrogens with one attached hydrogen (secondary N) is 2. The van der Waals surface area contributed by atoms with Crippen molar-refractivity contribution in [2.75, 3.05) is 25.6 Å². The summed E-state index contributed by atoms with van der Waals surface area (Å²) < 4.78 is 10.8. The van der Waals surface area contributed by atoms with Crippen molar-refractivity contribution in [2.45, 2.75) is 20.8 Å². The van der Waals surface area contributed by atoms with Gasteiger partial charge in [0.1, 0.15) is 11.6 Å². The van der Waals surface area contributed by atoms with Crippen LogP contribution in [0.5, 0.6) is 11.5 Å². The molecule has 0 radical (unpaired) electrons. The second-order valence-corrected chi connectivity index (χ2v) is 6.59. The van der Waals surface area contributed by atoms with Gasteiger partial charge in [0.05, 0.1) is 7.11 Å². The molecule has 2 aromatic rings. The molecule has 0 bridgehead atoms. The minimum atomic E-state index is -0.500. The van der Waals surface area contributed by atoms with Crippen LogP contribution in [0.4, 0.5) is 5.69 Å². The molecule has 2 aromatic carbocycles. The number of benzene rings is 2. The fraction of sp³-hybridized carbons (Fsp3) is 0.261. The van der Waals surface area contributed by atoms with Crippen molar-refractivity contribution in [1.82, 2.24) is 5.32 Å². The third-order valence-corrected chi connectivity index (χ3v) is 4.23. The molecule has 0 saturated carbocycles. The molecule has 156 valence electrons. The highest BCUT2D eigenvalue weighted by atomic mass is 16.5. The molecule has 0 atom stereocenters. The van der Waals surface area contributed by atoms with Gasteiger partial charge >= 0.3 is 0 Å². The first-order valence-electron chi connectivity index (χ1n) is 9.45. The van der Waals surface area contributed by atoms with Gasteiger partial charge in [0.15, 0.2) is 18.1 Å². The van der Waals surface area contributed by atoms with E-state index < -0.39 is 5.91 Å². The van der Waals surface area contributed by atoms with Crippen LogP contribution < -0.4 is 20.1 Å². The Morgan fingerprint density at radius 2 is 1.90 bits per heavy atom. The molecule has 0 aliphatic rings. The minimum Gasteiger partial charge on any atom is -0.493 e. The Labute approximate surface area is 176 Å². The van der Waals surface area contributed by atoms with Crippen molar-refractivity contribution in [1.29, 1.82) is 5.26 Å². The summed E-state index contributed by atoms with van der Waals surface area (Å²) in [6, 6.07) is 12.5. The summed E-state index contributed by atoms with van der Waals surface area (Å²) >= 11 is 0. The predicted octanol–water partition coefficient (Wildman–Crippen LogP) is 3.37. The van der Waals surface area contributed by atoms with Crippen LogP contribution >= 0.6 is 0 Å². The molecule has 2 amide bonds. The zero-order chi connectivity index (χ0) is 22.1. The number of hydrogen-bond acceptors (Lipinski definition) is 5. The van der Waals surface area contributed by atoms with E-state index in [1.165, 1.54) is 13.2 Å². The Morgan fingerprint density at radius 3 is 2.53 bits per heavy atom. The monoisotopic (exact) mass is 407 g/mol. The summed E-state index contributed by atoms with van der Waals surface area (Å²) in [5.41, 5.74) is 3.19. The molecule has 0 heterocycles. The maximum absolute atomic E-state index is 12.5. The SMILES string of the molecule is CCNC(=O)COc1ccc(/C=C(\C#N)C(=O)Nc2ccc(C)cc2C)cc1OC. The molecule has 7 heteroatoms. The van der Waals surface area contributed by atoms with E-state index in [1.807, 2.05) is 39.0 Å². The van der Waals surface area contributed by atoms with Crippen LogP contribution in [-0.2, 0) is 9.59 Å². The van der Waals surface area contributed by atoms with Crippen molar-refractivity contribution in [3.05, 3.63) is 58.7 Å². The molecule has 2 rings (SSSR count). The smallest absolute Gasteiger partial charge is 0.266 e. The van der Waals surface area contributed by atoms with Gasteiger partial charge in [-0.1, -0.05) is 23.8 Å². The summed E-state index contributed by atoms with van der Waals surface area (Å²) in [7, 11) is 1.47. The standard InChI is InChI=1S/C23H25N3O4/c1-5-25-22(27)14-30-20-9-7-17(12-21(20)29-4)11-18(13-24)23(28)26-19-8-6-15(2)10-16(19)3/h6-12H,5,14H2,1-4H3,(H,25,27)(H,26,28)/b18-11+. The van der Waals surface area contributed by atoms with E-state index in [4.69, 9.17) is 9.47 Å². The van der Waals surface area contributed by atoms with Gasteiger partial charge in [-0.05, 0) is 56.2 Å². The Balaban J connectivity index is 2.19. The lowest BCUT2D eigenvalue weighted by Crippen LogP contribution is -2.28. The molecule has 2 N–H and O–H groups in total. The van der Waals surface area contributed by atoms with Crippen LogP contribution in [0.3, 0.4) is 0 Å². The maximum Gasteiger partial charge on any atom is 0.266 e. The van der Waals surface area contributed by atoms with Gasteiger partial charge in [0.2, 0.25) is 0 Å². The van der Waals surface area contributed by atoms with E-state index in [9.17, 15) is 14.9 Å². The zero-order valence-electron chi connectivity index (χ0n) is 17.5. The Morgan fingerprint density at radius 1 is 1.13 bits per heavy atom. The molecule has 30 heavy (non-hydrogen) atoms. The first-order valence-corrected chi connectivity index (χ1v) is 9.45. The maximum atomic E-state index is 12.5. The van der Waals surface area contributed by atoms with Crippen molar-refractivity contribution in [3.8, 4) is 17.6 Å². The fourth-order valence-electron chi connectivity index (χ4n) is 2.74. The number of carbonyl (C=O) groups is 2. The highest BCUT2D eigenvalue weighted by Gasteiger charge is 2.13. The number of aryl methyl sites for hydroxylation is 2. The van der Waals surface area contributed by atoms with Gasteiger partial charge in [0.25, 0.3) is 11.8 Å². The van der Waals surface area contributed by atoms with Gasteiger partial charge < -0.3 is 20.1 Å². The average molecular weight is 407 g/mol. The van der Waals surface area contributed by atoms with E-state index >= 15 is 0 Å². The van der Waals surface area contributed by atoms with Gasteiger partial charge in [-0.2, -0.15) is 5.26 Å². The van der Waals surface area contributed by atoms with Crippen LogP contribution in [0.25, 0.3) is 6.08 Å². The molecule has 0 aliphatic heterocycles. The Hall–Kier alpha value is -3.79. The first kappa shape index (κ1) is 22.5. The molecule has 0 aromatic heterocycles. The summed E-state index contributed by atoms with van der Waals surface area (Å²) in [6.45, 7) is 6.06. The quantitative estimate of drug-likeness (QED) is 0.516. The topological polar surface area (TPSA) is 100 Å². The third-order valence-electron chi connectivity index (χ3n) is 4.23. The van der Waals surface area contributed by atoms with E-state index in [0.29, 0.717) is 29.3 Å². The second kappa shape index (κ2) is 10.7. The lowest BCUT2D eigenvalue weighted by molar-refractivity contribution is -0.123. The molecular weight excluding hydrogens is 382 g/mol. The van der Waals surface area contributed by atoms with Crippen molar-refractivity contribution >= 4 is 23.6 Å². The number of hydrogen-bond donors (Lipinski definition) is 2. The van der Waals surface area contributed by atoms with Crippen molar-refractivity contribution < 1.29 is 19.1 Å². The van der Waals surface area contributed by atoms with Crippen LogP contribution in [0, 0.1) is 25.2 Å². The minimum absolute atomic E-state index is 0.0481. The number of ether oxygens (including phenoxy) is 2. The molecule has 0 aliphatic carbocycles. The fourth-order valence-corrected chi connectivity index (χ4v) is 2.74. The van der Waals surface area contributed by atoms with Crippen LogP contribution in [-0.4, -0.2) is 32.1 Å². The molecule has 0 spiro atoms. The highest BCUT2D eigenvalue weighted by molar-refractivity contribution is 6.10. The number of likely N-dealkylation sites (N-methyl/N-ethyl adjacent to an activating group) is 1. The molecule has 0 fully saturated rings. The predicted molar refractivity (Wildman–Crippen MR) is 115 cm³/mol. The van der Waals surface area contributed by atoms with E-state index in [0.717, 1.165) is 11.1 Å². The number of nitrogens with zero attached hydrogens (tertiary/aromatic N) is 1. The number of anilines is 1. The van der Waals surface area contributed by atoms with E-state index in [-0.39, 0.29) is 18.1 Å².